The fourth-order valence-electron chi connectivity index (χ4n) is 4.12. The lowest BCUT2D eigenvalue weighted by Gasteiger charge is -2.24. The number of para-hydroxylation sites is 1. The summed E-state index contributed by atoms with van der Waals surface area (Å²) in [6.07, 6.45) is 1.87. The van der Waals surface area contributed by atoms with Crippen LogP contribution in [0.25, 0.3) is 6.08 Å². The summed E-state index contributed by atoms with van der Waals surface area (Å²) in [6.45, 7) is 6.69. The molecule has 4 aromatic rings. The summed E-state index contributed by atoms with van der Waals surface area (Å²) in [5.74, 6) is 0.979. The molecule has 1 aliphatic rings. The zero-order valence-electron chi connectivity index (χ0n) is 20.8. The van der Waals surface area contributed by atoms with Crippen molar-refractivity contribution in [3.05, 3.63) is 114 Å². The van der Waals surface area contributed by atoms with Crippen LogP contribution in [0.15, 0.2) is 93.2 Å². The van der Waals surface area contributed by atoms with E-state index in [0.717, 1.165) is 16.2 Å². The zero-order valence-corrected chi connectivity index (χ0v) is 22.4. The molecule has 0 unspecified atom stereocenters. The lowest BCUT2D eigenvalue weighted by molar-refractivity contribution is -0.113. The van der Waals surface area contributed by atoms with Gasteiger partial charge in [0, 0.05) is 10.6 Å². The van der Waals surface area contributed by atoms with Crippen molar-refractivity contribution in [2.45, 2.75) is 26.8 Å². The van der Waals surface area contributed by atoms with Crippen LogP contribution in [-0.2, 0) is 4.79 Å². The maximum atomic E-state index is 13.7. The normalized spacial score (nSPS) is 15.5. The Kier molecular flexibility index (Phi) is 7.21. The summed E-state index contributed by atoms with van der Waals surface area (Å²) >= 11 is 2.85. The van der Waals surface area contributed by atoms with E-state index in [1.54, 1.807) is 4.57 Å². The average molecular weight is 530 g/mol. The molecule has 1 N–H and O–H groups in total. The molecule has 1 atom stereocenters. The number of carbonyl (C=O) groups excluding carboxylic acids is 1. The number of thiophene rings is 1. The number of hydrogen-bond acceptors (Lipinski definition) is 6. The van der Waals surface area contributed by atoms with Gasteiger partial charge in [0.05, 0.1) is 22.4 Å². The maximum absolute atomic E-state index is 13.7. The molecular formula is C29H27N3O3S2. The zero-order chi connectivity index (χ0) is 25.9. The summed E-state index contributed by atoms with van der Waals surface area (Å²) in [4.78, 5) is 33.4. The van der Waals surface area contributed by atoms with Gasteiger partial charge in [0.15, 0.2) is 4.80 Å². The molecule has 0 radical (unpaired) electrons. The first kappa shape index (κ1) is 24.9. The smallest absolute Gasteiger partial charge is 0.271 e. The second kappa shape index (κ2) is 10.7. The molecule has 0 bridgehead atoms. The van der Waals surface area contributed by atoms with E-state index in [1.807, 2.05) is 85.1 Å². The number of aromatic nitrogens is 1. The largest absolute Gasteiger partial charge is 0.493 e. The Hall–Kier alpha value is -3.75. The van der Waals surface area contributed by atoms with Crippen LogP contribution in [0.3, 0.4) is 0 Å². The number of benzene rings is 2. The molecule has 0 fully saturated rings. The average Bonchev–Trinajstić information content (AvgIpc) is 3.52. The quantitative estimate of drug-likeness (QED) is 0.367. The minimum atomic E-state index is -0.547. The van der Waals surface area contributed by atoms with Crippen LogP contribution in [0.1, 0.15) is 37.3 Å². The Morgan fingerprint density at radius 1 is 1.11 bits per heavy atom. The van der Waals surface area contributed by atoms with Gasteiger partial charge in [-0.15, -0.1) is 11.3 Å². The number of thiazole rings is 1. The summed E-state index contributed by atoms with van der Waals surface area (Å²) in [5.41, 5.74) is 2.49. The van der Waals surface area contributed by atoms with E-state index >= 15 is 0 Å². The number of anilines is 1. The van der Waals surface area contributed by atoms with E-state index in [2.05, 4.69) is 19.2 Å². The van der Waals surface area contributed by atoms with Gasteiger partial charge in [0.25, 0.3) is 11.5 Å². The molecule has 37 heavy (non-hydrogen) atoms. The number of nitrogens with one attached hydrogen (secondary N) is 1. The molecular weight excluding hydrogens is 502 g/mol. The third-order valence-corrected chi connectivity index (χ3v) is 7.78. The molecule has 0 saturated carbocycles. The van der Waals surface area contributed by atoms with Gasteiger partial charge < -0.3 is 10.1 Å². The Morgan fingerprint density at radius 3 is 2.54 bits per heavy atom. The van der Waals surface area contributed by atoms with Crippen LogP contribution in [0.5, 0.6) is 5.75 Å². The third-order valence-electron chi connectivity index (χ3n) is 5.87. The fraction of sp³-hybridized carbons (Fsp3) is 0.207. The van der Waals surface area contributed by atoms with Crippen molar-refractivity contribution in [3.63, 3.8) is 0 Å². The molecule has 1 amide bonds. The Balaban J connectivity index is 1.54. The first-order chi connectivity index (χ1) is 17.9. The molecule has 2 aromatic heterocycles. The van der Waals surface area contributed by atoms with Crippen LogP contribution >= 0.6 is 22.7 Å². The third kappa shape index (κ3) is 5.35. The topological polar surface area (TPSA) is 72.7 Å². The van der Waals surface area contributed by atoms with Gasteiger partial charge in [-0.3, -0.25) is 14.2 Å². The lowest BCUT2D eigenvalue weighted by Crippen LogP contribution is -2.40. The standard InChI is InChI=1S/C29H27N3O3S2/c1-18(2)17-35-22-13-11-20(12-14-22)16-24-28(34)32-26(23-10-7-15-36-23)25(19(3)30-29(32)37-24)27(33)31-21-8-5-4-6-9-21/h4-16,18,26H,17H2,1-3H3,(H,31,33)/b24-16+/t26-/m1/s1. The van der Waals surface area contributed by atoms with Gasteiger partial charge in [-0.2, -0.15) is 0 Å². The predicted molar refractivity (Wildman–Crippen MR) is 150 cm³/mol. The molecule has 1 aliphatic heterocycles. The van der Waals surface area contributed by atoms with E-state index in [4.69, 9.17) is 9.73 Å². The van der Waals surface area contributed by atoms with Gasteiger partial charge in [-0.1, -0.05) is 61.6 Å². The van der Waals surface area contributed by atoms with E-state index in [9.17, 15) is 9.59 Å². The Morgan fingerprint density at radius 2 is 1.86 bits per heavy atom. The number of fused-ring (bicyclic) bond motifs is 1. The van der Waals surface area contributed by atoms with Crippen LogP contribution < -0.4 is 24.9 Å². The highest BCUT2D eigenvalue weighted by Crippen LogP contribution is 2.33. The highest BCUT2D eigenvalue weighted by Gasteiger charge is 2.33. The van der Waals surface area contributed by atoms with Crippen molar-refractivity contribution < 1.29 is 9.53 Å². The minimum absolute atomic E-state index is 0.167. The monoisotopic (exact) mass is 529 g/mol. The van der Waals surface area contributed by atoms with Crippen LogP contribution in [0.2, 0.25) is 0 Å². The number of allylic oxidation sites excluding steroid dienone is 1. The second-order valence-corrected chi connectivity index (χ2v) is 11.2. The number of hydrogen-bond donors (Lipinski definition) is 1. The number of rotatable bonds is 7. The van der Waals surface area contributed by atoms with E-state index < -0.39 is 6.04 Å². The van der Waals surface area contributed by atoms with E-state index in [-0.39, 0.29) is 11.5 Å². The van der Waals surface area contributed by atoms with Gasteiger partial charge in [0.1, 0.15) is 11.8 Å². The maximum Gasteiger partial charge on any atom is 0.271 e. The SMILES string of the molecule is CC1=C(C(=O)Nc2ccccc2)[C@@H](c2cccs2)n2c(s/c(=C/c3ccc(OCC(C)C)cc3)c2=O)=N1. The first-order valence-electron chi connectivity index (χ1n) is 12.1. The molecule has 0 aliphatic carbocycles. The van der Waals surface area contributed by atoms with Crippen molar-refractivity contribution in [1.82, 2.24) is 4.57 Å². The Labute approximate surface area is 222 Å². The summed E-state index contributed by atoms with van der Waals surface area (Å²) < 4.78 is 7.98. The highest BCUT2D eigenvalue weighted by atomic mass is 32.1. The molecule has 5 rings (SSSR count). The van der Waals surface area contributed by atoms with Crippen LogP contribution in [0.4, 0.5) is 5.69 Å². The summed E-state index contributed by atoms with van der Waals surface area (Å²) in [5, 5.41) is 4.92. The number of ether oxygens (including phenoxy) is 1. The number of carbonyl (C=O) groups is 1. The van der Waals surface area contributed by atoms with Crippen molar-refractivity contribution in [2.75, 3.05) is 11.9 Å². The van der Waals surface area contributed by atoms with Crippen LogP contribution in [0, 0.1) is 5.92 Å². The highest BCUT2D eigenvalue weighted by molar-refractivity contribution is 7.10. The summed E-state index contributed by atoms with van der Waals surface area (Å²) in [6, 6.07) is 20.3. The van der Waals surface area contributed by atoms with Crippen LogP contribution in [-0.4, -0.2) is 17.1 Å². The molecule has 0 saturated heterocycles. The molecule has 8 heteroatoms. The fourth-order valence-corrected chi connectivity index (χ4v) is 5.99. The Bertz CT molecular complexity index is 1610. The predicted octanol–water partition coefficient (Wildman–Crippen LogP) is 4.97. The number of nitrogens with zero attached hydrogens (tertiary/aromatic N) is 2. The molecule has 6 nitrogen and oxygen atoms in total. The van der Waals surface area contributed by atoms with Crippen molar-refractivity contribution >= 4 is 40.3 Å². The van der Waals surface area contributed by atoms with Crippen molar-refractivity contribution in [3.8, 4) is 5.75 Å². The number of amides is 1. The molecule has 0 spiro atoms. The van der Waals surface area contributed by atoms with Gasteiger partial charge in [-0.05, 0) is 60.2 Å². The molecule has 2 aromatic carbocycles. The van der Waals surface area contributed by atoms with Gasteiger partial charge >= 0.3 is 0 Å². The molecule has 3 heterocycles. The second-order valence-electron chi connectivity index (χ2n) is 9.19. The van der Waals surface area contributed by atoms with E-state index in [0.29, 0.717) is 38.8 Å². The van der Waals surface area contributed by atoms with Gasteiger partial charge in [-0.25, -0.2) is 4.99 Å². The molecule has 188 valence electrons. The first-order valence-corrected chi connectivity index (χ1v) is 13.8. The van der Waals surface area contributed by atoms with Gasteiger partial charge in [0.2, 0.25) is 0 Å². The van der Waals surface area contributed by atoms with Crippen molar-refractivity contribution in [2.24, 2.45) is 10.9 Å². The van der Waals surface area contributed by atoms with E-state index in [1.165, 1.54) is 22.7 Å². The minimum Gasteiger partial charge on any atom is -0.493 e. The van der Waals surface area contributed by atoms with Crippen molar-refractivity contribution in [1.29, 1.82) is 0 Å². The lowest BCUT2D eigenvalue weighted by atomic mass is 10.0. The summed E-state index contributed by atoms with van der Waals surface area (Å²) in [7, 11) is 0.